The zero-order valence-corrected chi connectivity index (χ0v) is 10.7. The number of para-hydroxylation sites is 2. The summed E-state index contributed by atoms with van der Waals surface area (Å²) in [4.78, 5) is 16.2. The van der Waals surface area contributed by atoms with Crippen molar-refractivity contribution < 1.29 is 9.21 Å². The third-order valence-electron chi connectivity index (χ3n) is 3.03. The maximum Gasteiger partial charge on any atom is 0.240 e. The van der Waals surface area contributed by atoms with E-state index in [-0.39, 0.29) is 12.5 Å². The lowest BCUT2D eigenvalue weighted by molar-refractivity contribution is -0.121. The molecule has 3 N–H and O–H groups in total. The second-order valence-corrected chi connectivity index (χ2v) is 4.40. The van der Waals surface area contributed by atoms with Crippen molar-refractivity contribution in [2.24, 2.45) is 0 Å². The number of hydrogen-bond donors (Lipinski definition) is 2. The average molecular weight is 270 g/mol. The molecule has 0 aliphatic carbocycles. The molecule has 0 saturated heterocycles. The molecule has 0 bridgehead atoms. The molecule has 6 heteroatoms. The van der Waals surface area contributed by atoms with Gasteiger partial charge in [0.25, 0.3) is 0 Å². The predicted octanol–water partition coefficient (Wildman–Crippen LogP) is 1.53. The van der Waals surface area contributed by atoms with Crippen LogP contribution in [0.4, 0.5) is 5.95 Å². The molecular formula is C14H14N4O2. The summed E-state index contributed by atoms with van der Waals surface area (Å²) in [5.41, 5.74) is 7.47. The van der Waals surface area contributed by atoms with E-state index < -0.39 is 0 Å². The molecule has 3 aromatic rings. The molecule has 0 radical (unpaired) electrons. The van der Waals surface area contributed by atoms with Crippen molar-refractivity contribution in [2.75, 3.05) is 5.73 Å². The SMILES string of the molecule is Nc1nc2ccccc2n1CC(=O)NCc1ccco1. The Morgan fingerprint density at radius 1 is 1.30 bits per heavy atom. The second kappa shape index (κ2) is 5.08. The number of aromatic nitrogens is 2. The number of anilines is 1. The smallest absolute Gasteiger partial charge is 0.240 e. The molecule has 0 spiro atoms. The summed E-state index contributed by atoms with van der Waals surface area (Å²) >= 11 is 0. The summed E-state index contributed by atoms with van der Waals surface area (Å²) in [6.07, 6.45) is 1.57. The number of benzene rings is 1. The molecule has 3 rings (SSSR count). The second-order valence-electron chi connectivity index (χ2n) is 4.40. The minimum Gasteiger partial charge on any atom is -0.467 e. The first-order valence-corrected chi connectivity index (χ1v) is 6.24. The number of amides is 1. The van der Waals surface area contributed by atoms with E-state index >= 15 is 0 Å². The van der Waals surface area contributed by atoms with Gasteiger partial charge in [-0.3, -0.25) is 4.79 Å². The minimum atomic E-state index is -0.142. The van der Waals surface area contributed by atoms with Gasteiger partial charge in [0.1, 0.15) is 12.3 Å². The zero-order valence-electron chi connectivity index (χ0n) is 10.7. The topological polar surface area (TPSA) is 86.1 Å². The number of rotatable bonds is 4. The summed E-state index contributed by atoms with van der Waals surface area (Å²) in [5.74, 6) is 0.900. The lowest BCUT2D eigenvalue weighted by Crippen LogP contribution is -2.27. The van der Waals surface area contributed by atoms with E-state index in [1.54, 1.807) is 23.0 Å². The fourth-order valence-electron chi connectivity index (χ4n) is 2.06. The lowest BCUT2D eigenvalue weighted by atomic mass is 10.3. The van der Waals surface area contributed by atoms with Crippen LogP contribution in [0.15, 0.2) is 47.1 Å². The highest BCUT2D eigenvalue weighted by Crippen LogP contribution is 2.16. The molecule has 0 atom stereocenters. The maximum atomic E-state index is 11.9. The highest BCUT2D eigenvalue weighted by atomic mass is 16.3. The number of carbonyl (C=O) groups is 1. The van der Waals surface area contributed by atoms with Crippen molar-refractivity contribution >= 4 is 22.9 Å². The van der Waals surface area contributed by atoms with Crippen molar-refractivity contribution in [1.82, 2.24) is 14.9 Å². The molecule has 102 valence electrons. The van der Waals surface area contributed by atoms with E-state index in [1.165, 1.54) is 0 Å². The number of nitrogens with one attached hydrogen (secondary N) is 1. The van der Waals surface area contributed by atoms with E-state index in [2.05, 4.69) is 10.3 Å². The fourth-order valence-corrected chi connectivity index (χ4v) is 2.06. The Bertz CT molecular complexity index is 731. The highest BCUT2D eigenvalue weighted by molar-refractivity contribution is 5.82. The summed E-state index contributed by atoms with van der Waals surface area (Å²) in [6, 6.07) is 11.1. The fraction of sp³-hybridized carbons (Fsp3) is 0.143. The van der Waals surface area contributed by atoms with Crippen LogP contribution in [0.3, 0.4) is 0 Å². The Labute approximate surface area is 115 Å². The molecule has 6 nitrogen and oxygen atoms in total. The highest BCUT2D eigenvalue weighted by Gasteiger charge is 2.11. The van der Waals surface area contributed by atoms with Crippen LogP contribution in [-0.4, -0.2) is 15.5 Å². The van der Waals surface area contributed by atoms with Gasteiger partial charge in [0.15, 0.2) is 0 Å². The van der Waals surface area contributed by atoms with Gasteiger partial charge in [0, 0.05) is 0 Å². The first-order chi connectivity index (χ1) is 9.74. The van der Waals surface area contributed by atoms with Crippen molar-refractivity contribution in [3.8, 4) is 0 Å². The van der Waals surface area contributed by atoms with E-state index in [9.17, 15) is 4.79 Å². The number of nitrogens with two attached hydrogens (primary N) is 1. The third-order valence-corrected chi connectivity index (χ3v) is 3.03. The summed E-state index contributed by atoms with van der Waals surface area (Å²) in [5, 5.41) is 2.78. The van der Waals surface area contributed by atoms with Crippen LogP contribution in [0.1, 0.15) is 5.76 Å². The molecule has 1 aromatic carbocycles. The van der Waals surface area contributed by atoms with Gasteiger partial charge in [-0.2, -0.15) is 0 Å². The van der Waals surface area contributed by atoms with Crippen LogP contribution >= 0.6 is 0 Å². The molecule has 0 aliphatic heterocycles. The number of fused-ring (bicyclic) bond motifs is 1. The average Bonchev–Trinajstić information content (AvgIpc) is 3.06. The molecule has 0 saturated carbocycles. The maximum absolute atomic E-state index is 11.9. The Morgan fingerprint density at radius 3 is 2.95 bits per heavy atom. The standard InChI is InChI=1S/C14H14N4O2/c15-14-17-11-5-1-2-6-12(11)18(14)9-13(19)16-8-10-4-3-7-20-10/h1-7H,8-9H2,(H2,15,17)(H,16,19). The molecule has 2 aromatic heterocycles. The van der Waals surface area contributed by atoms with Crippen LogP contribution in [-0.2, 0) is 17.9 Å². The number of nitrogens with zero attached hydrogens (tertiary/aromatic N) is 2. The molecule has 1 amide bonds. The van der Waals surface area contributed by atoms with Crippen LogP contribution in [0, 0.1) is 0 Å². The van der Waals surface area contributed by atoms with E-state index in [4.69, 9.17) is 10.2 Å². The predicted molar refractivity (Wildman–Crippen MR) is 74.7 cm³/mol. The van der Waals surface area contributed by atoms with Gasteiger partial charge in [-0.25, -0.2) is 4.98 Å². The van der Waals surface area contributed by atoms with Gasteiger partial charge in [0.05, 0.1) is 23.8 Å². The number of carbonyl (C=O) groups excluding carboxylic acids is 1. The van der Waals surface area contributed by atoms with Crippen LogP contribution < -0.4 is 11.1 Å². The van der Waals surface area contributed by atoms with Crippen LogP contribution in [0.2, 0.25) is 0 Å². The minimum absolute atomic E-state index is 0.132. The molecule has 2 heterocycles. The van der Waals surface area contributed by atoms with Crippen molar-refractivity contribution in [3.63, 3.8) is 0 Å². The van der Waals surface area contributed by atoms with Crippen molar-refractivity contribution in [3.05, 3.63) is 48.4 Å². The summed E-state index contributed by atoms with van der Waals surface area (Å²) < 4.78 is 6.84. The quantitative estimate of drug-likeness (QED) is 0.752. The summed E-state index contributed by atoms with van der Waals surface area (Å²) in [6.45, 7) is 0.491. The third kappa shape index (κ3) is 2.35. The van der Waals surface area contributed by atoms with E-state index in [0.717, 1.165) is 11.0 Å². The lowest BCUT2D eigenvalue weighted by Gasteiger charge is -2.07. The summed E-state index contributed by atoms with van der Waals surface area (Å²) in [7, 11) is 0. The Balaban J connectivity index is 1.72. The van der Waals surface area contributed by atoms with Gasteiger partial charge in [-0.15, -0.1) is 0 Å². The van der Waals surface area contributed by atoms with Crippen LogP contribution in [0.25, 0.3) is 11.0 Å². The Kier molecular flexibility index (Phi) is 3.12. The van der Waals surface area contributed by atoms with Crippen LogP contribution in [0.5, 0.6) is 0 Å². The molecule has 0 aliphatic rings. The first-order valence-electron chi connectivity index (χ1n) is 6.24. The van der Waals surface area contributed by atoms with E-state index in [1.807, 2.05) is 24.3 Å². The normalized spacial score (nSPS) is 10.8. The Hall–Kier alpha value is -2.76. The monoisotopic (exact) mass is 270 g/mol. The van der Waals surface area contributed by atoms with E-state index in [0.29, 0.717) is 18.3 Å². The number of nitrogen functional groups attached to an aromatic ring is 1. The zero-order chi connectivity index (χ0) is 13.9. The number of furan rings is 1. The number of imidazole rings is 1. The van der Waals surface area contributed by atoms with Gasteiger partial charge in [0.2, 0.25) is 11.9 Å². The molecular weight excluding hydrogens is 256 g/mol. The molecule has 0 unspecified atom stereocenters. The van der Waals surface area contributed by atoms with Gasteiger partial charge < -0.3 is 20.0 Å². The van der Waals surface area contributed by atoms with Crippen molar-refractivity contribution in [1.29, 1.82) is 0 Å². The first kappa shape index (κ1) is 12.3. The Morgan fingerprint density at radius 2 is 2.15 bits per heavy atom. The molecule has 20 heavy (non-hydrogen) atoms. The molecule has 0 fully saturated rings. The largest absolute Gasteiger partial charge is 0.467 e. The van der Waals surface area contributed by atoms with Crippen molar-refractivity contribution in [2.45, 2.75) is 13.1 Å². The van der Waals surface area contributed by atoms with Gasteiger partial charge in [-0.1, -0.05) is 12.1 Å². The van der Waals surface area contributed by atoms with Gasteiger partial charge >= 0.3 is 0 Å². The number of hydrogen-bond acceptors (Lipinski definition) is 4. The van der Waals surface area contributed by atoms with Gasteiger partial charge in [-0.05, 0) is 24.3 Å².